The zero-order chi connectivity index (χ0) is 19.3. The molecule has 1 fully saturated rings. The SMILES string of the molecule is CN1CC[C@@](O)(c2cccc(-c3csc(-c4c[nH]c5ncncc45)n3)c2)C1=O. The van der Waals surface area contributed by atoms with Gasteiger partial charge in [-0.3, -0.25) is 4.79 Å². The summed E-state index contributed by atoms with van der Waals surface area (Å²) in [5.74, 6) is -0.262. The summed E-state index contributed by atoms with van der Waals surface area (Å²) < 4.78 is 0. The van der Waals surface area contributed by atoms with E-state index in [0.29, 0.717) is 18.5 Å². The van der Waals surface area contributed by atoms with Gasteiger partial charge in [0.05, 0.1) is 5.69 Å². The molecule has 28 heavy (non-hydrogen) atoms. The molecule has 1 aliphatic rings. The topological polar surface area (TPSA) is 95.0 Å². The molecule has 0 unspecified atom stereocenters. The summed E-state index contributed by atoms with van der Waals surface area (Å²) in [6, 6.07) is 7.44. The molecule has 4 heterocycles. The quantitative estimate of drug-likeness (QED) is 0.560. The Labute approximate surface area is 164 Å². The minimum atomic E-state index is -1.46. The molecular formula is C20H17N5O2S. The molecule has 1 atom stereocenters. The highest BCUT2D eigenvalue weighted by Gasteiger charge is 2.45. The lowest BCUT2D eigenvalue weighted by Crippen LogP contribution is -2.36. The largest absolute Gasteiger partial charge is 0.375 e. The number of amides is 1. The van der Waals surface area contributed by atoms with Crippen LogP contribution in [0.4, 0.5) is 0 Å². The number of carbonyl (C=O) groups is 1. The molecule has 1 amide bonds. The van der Waals surface area contributed by atoms with Gasteiger partial charge in [-0.15, -0.1) is 11.3 Å². The number of hydrogen-bond acceptors (Lipinski definition) is 6. The monoisotopic (exact) mass is 391 g/mol. The smallest absolute Gasteiger partial charge is 0.258 e. The summed E-state index contributed by atoms with van der Waals surface area (Å²) in [6.07, 6.45) is 5.55. The minimum absolute atomic E-state index is 0.262. The molecule has 0 bridgehead atoms. The number of nitrogens with one attached hydrogen (secondary N) is 1. The van der Waals surface area contributed by atoms with Crippen molar-refractivity contribution in [3.63, 3.8) is 0 Å². The van der Waals surface area contributed by atoms with E-state index in [2.05, 4.69) is 15.0 Å². The molecule has 0 radical (unpaired) electrons. The van der Waals surface area contributed by atoms with Crippen molar-refractivity contribution in [2.45, 2.75) is 12.0 Å². The number of likely N-dealkylation sites (tertiary alicyclic amines) is 1. The first-order chi connectivity index (χ1) is 13.6. The van der Waals surface area contributed by atoms with Gasteiger partial charge in [-0.2, -0.15) is 0 Å². The Morgan fingerprint density at radius 3 is 3.07 bits per heavy atom. The lowest BCUT2D eigenvalue weighted by atomic mass is 9.90. The van der Waals surface area contributed by atoms with Crippen LogP contribution in [0.1, 0.15) is 12.0 Å². The third kappa shape index (κ3) is 2.53. The molecule has 7 nitrogen and oxygen atoms in total. The number of aromatic nitrogens is 4. The van der Waals surface area contributed by atoms with Crippen molar-refractivity contribution < 1.29 is 9.90 Å². The van der Waals surface area contributed by atoms with Gasteiger partial charge in [-0.25, -0.2) is 15.0 Å². The van der Waals surface area contributed by atoms with Gasteiger partial charge >= 0.3 is 0 Å². The van der Waals surface area contributed by atoms with Crippen molar-refractivity contribution in [1.82, 2.24) is 24.8 Å². The van der Waals surface area contributed by atoms with E-state index in [-0.39, 0.29) is 5.91 Å². The van der Waals surface area contributed by atoms with Crippen LogP contribution < -0.4 is 0 Å². The van der Waals surface area contributed by atoms with Crippen LogP contribution in [0, 0.1) is 0 Å². The molecule has 140 valence electrons. The van der Waals surface area contributed by atoms with Crippen molar-refractivity contribution in [1.29, 1.82) is 0 Å². The Balaban J connectivity index is 1.52. The van der Waals surface area contributed by atoms with Gasteiger partial charge in [0.1, 0.15) is 17.0 Å². The average molecular weight is 391 g/mol. The van der Waals surface area contributed by atoms with E-state index < -0.39 is 5.60 Å². The van der Waals surface area contributed by atoms with Crippen LogP contribution in [0.5, 0.6) is 0 Å². The molecular weight excluding hydrogens is 374 g/mol. The van der Waals surface area contributed by atoms with Crippen LogP contribution in [-0.4, -0.2) is 49.4 Å². The molecule has 4 aromatic rings. The molecule has 1 aromatic carbocycles. The highest BCUT2D eigenvalue weighted by molar-refractivity contribution is 7.13. The molecule has 1 saturated heterocycles. The Kier molecular flexibility index (Phi) is 3.78. The second-order valence-corrected chi connectivity index (χ2v) is 7.80. The predicted octanol–water partition coefficient (Wildman–Crippen LogP) is 2.80. The van der Waals surface area contributed by atoms with Gasteiger partial charge < -0.3 is 15.0 Å². The number of carbonyl (C=O) groups excluding carboxylic acids is 1. The van der Waals surface area contributed by atoms with E-state index in [1.54, 1.807) is 24.2 Å². The molecule has 0 spiro atoms. The van der Waals surface area contributed by atoms with Crippen LogP contribution in [0.25, 0.3) is 32.9 Å². The third-order valence-electron chi connectivity index (χ3n) is 5.24. The van der Waals surface area contributed by atoms with Crippen LogP contribution in [0.3, 0.4) is 0 Å². The van der Waals surface area contributed by atoms with Crippen molar-refractivity contribution in [3.05, 3.63) is 53.9 Å². The summed E-state index contributed by atoms with van der Waals surface area (Å²) in [4.78, 5) is 30.2. The Bertz CT molecular complexity index is 1200. The first kappa shape index (κ1) is 17.0. The number of nitrogens with zero attached hydrogens (tertiary/aromatic N) is 4. The average Bonchev–Trinajstić information content (AvgIpc) is 3.43. The van der Waals surface area contributed by atoms with Gasteiger partial charge in [0.25, 0.3) is 5.91 Å². The van der Waals surface area contributed by atoms with Crippen LogP contribution in [0.2, 0.25) is 0 Å². The fraction of sp³-hybridized carbons (Fsp3) is 0.200. The van der Waals surface area contributed by atoms with E-state index >= 15 is 0 Å². The summed E-state index contributed by atoms with van der Waals surface area (Å²) in [6.45, 7) is 0.545. The van der Waals surface area contributed by atoms with E-state index in [0.717, 1.165) is 32.9 Å². The van der Waals surface area contributed by atoms with Crippen molar-refractivity contribution >= 4 is 28.3 Å². The van der Waals surface area contributed by atoms with Crippen LogP contribution in [0.15, 0.2) is 48.4 Å². The zero-order valence-corrected chi connectivity index (χ0v) is 15.9. The number of aliphatic hydroxyl groups is 1. The number of rotatable bonds is 3. The van der Waals surface area contributed by atoms with E-state index in [1.807, 2.05) is 29.8 Å². The maximum Gasteiger partial charge on any atom is 0.258 e. The zero-order valence-electron chi connectivity index (χ0n) is 15.1. The normalized spacial score (nSPS) is 19.6. The van der Waals surface area contributed by atoms with Crippen molar-refractivity contribution in [2.24, 2.45) is 0 Å². The van der Waals surface area contributed by atoms with Gasteiger partial charge in [0, 0.05) is 54.3 Å². The fourth-order valence-electron chi connectivity index (χ4n) is 3.62. The summed E-state index contributed by atoms with van der Waals surface area (Å²) in [5.41, 5.74) is 2.54. The molecule has 5 rings (SSSR count). The second kappa shape index (κ2) is 6.22. The van der Waals surface area contributed by atoms with Gasteiger partial charge in [-0.1, -0.05) is 18.2 Å². The Hall–Kier alpha value is -3.10. The Morgan fingerprint density at radius 1 is 1.36 bits per heavy atom. The summed E-state index contributed by atoms with van der Waals surface area (Å²) >= 11 is 1.53. The lowest BCUT2D eigenvalue weighted by Gasteiger charge is -2.21. The number of H-pyrrole nitrogens is 1. The molecule has 0 saturated carbocycles. The number of likely N-dealkylation sites (N-methyl/N-ethyl adjacent to an activating group) is 1. The number of benzene rings is 1. The van der Waals surface area contributed by atoms with E-state index in [1.165, 1.54) is 17.7 Å². The Morgan fingerprint density at radius 2 is 2.25 bits per heavy atom. The maximum atomic E-state index is 12.4. The highest BCUT2D eigenvalue weighted by atomic mass is 32.1. The number of hydrogen-bond donors (Lipinski definition) is 2. The predicted molar refractivity (Wildman–Crippen MR) is 107 cm³/mol. The van der Waals surface area contributed by atoms with Crippen molar-refractivity contribution in [2.75, 3.05) is 13.6 Å². The standard InChI is InChI=1S/C20H17N5O2S/c1-25-6-5-20(27,19(25)26)13-4-2-3-12(7-13)16-10-28-18(24-16)15-9-22-17-14(15)8-21-11-23-17/h2-4,7-11,27H,5-6H2,1H3,(H,21,22,23)/t20-/m1/s1. The fourth-order valence-corrected chi connectivity index (χ4v) is 4.48. The lowest BCUT2D eigenvalue weighted by molar-refractivity contribution is -0.143. The molecule has 2 N–H and O–H groups in total. The van der Waals surface area contributed by atoms with Gasteiger partial charge in [0.15, 0.2) is 5.60 Å². The van der Waals surface area contributed by atoms with Gasteiger partial charge in [0.2, 0.25) is 0 Å². The first-order valence-corrected chi connectivity index (χ1v) is 9.76. The molecule has 1 aliphatic heterocycles. The maximum absolute atomic E-state index is 12.4. The molecule has 8 heteroatoms. The third-order valence-corrected chi connectivity index (χ3v) is 6.11. The number of fused-ring (bicyclic) bond motifs is 1. The summed E-state index contributed by atoms with van der Waals surface area (Å²) in [5, 5.41) is 14.7. The second-order valence-electron chi connectivity index (χ2n) is 6.94. The van der Waals surface area contributed by atoms with E-state index in [9.17, 15) is 9.90 Å². The number of thiazole rings is 1. The summed E-state index contributed by atoms with van der Waals surface area (Å²) in [7, 11) is 1.71. The number of aromatic amines is 1. The first-order valence-electron chi connectivity index (χ1n) is 8.88. The molecule has 0 aliphatic carbocycles. The van der Waals surface area contributed by atoms with E-state index in [4.69, 9.17) is 4.98 Å². The minimum Gasteiger partial charge on any atom is -0.375 e. The van der Waals surface area contributed by atoms with Crippen molar-refractivity contribution in [3.8, 4) is 21.8 Å². The highest BCUT2D eigenvalue weighted by Crippen LogP contribution is 2.36. The van der Waals surface area contributed by atoms with Crippen LogP contribution in [-0.2, 0) is 10.4 Å². The molecule has 3 aromatic heterocycles. The van der Waals surface area contributed by atoms with Gasteiger partial charge in [-0.05, 0) is 11.6 Å². The van der Waals surface area contributed by atoms with Crippen LogP contribution >= 0.6 is 11.3 Å².